The van der Waals surface area contributed by atoms with Crippen LogP contribution in [0.25, 0.3) is 0 Å². The van der Waals surface area contributed by atoms with Crippen molar-refractivity contribution in [3.63, 3.8) is 0 Å². The van der Waals surface area contributed by atoms with Crippen LogP contribution in [0.15, 0.2) is 134 Å². The Morgan fingerprint density at radius 2 is 0.911 bits per heavy atom. The van der Waals surface area contributed by atoms with Gasteiger partial charge in [-0.2, -0.15) is 0 Å². The fraction of sp³-hybridized carbons (Fsp3) is 0.647. The number of unbranched alkanes of at least 4 members (excludes halogenated alkanes) is 17. The number of aliphatic hydroxyl groups is 5. The molecule has 1 amide bonds. The number of carbonyl (C=O) groups is 2. The van der Waals surface area contributed by atoms with Crippen LogP contribution in [-0.4, -0.2) is 99.6 Å². The predicted molar refractivity (Wildman–Crippen MR) is 328 cm³/mol. The number of amides is 1. The zero-order valence-corrected chi connectivity index (χ0v) is 49.4. The van der Waals surface area contributed by atoms with Crippen molar-refractivity contribution < 1.29 is 49.3 Å². The SMILES string of the molecule is CC/C=C\C/C=C\C/C=C\C/C=C\C/C=C\C/C=C\CC(O)C(=O)NC(COC1OC(CO)C(O)C(O)C1OC(=O)CCCCC/C=C\C/C=C\C/C=C\C/C=C\CCCCC)C(O)/C=C/CCCCCCCCCCCCC. The average molecular weight is 1100 g/mol. The summed E-state index contributed by atoms with van der Waals surface area (Å²) in [5.74, 6) is -1.33. The highest BCUT2D eigenvalue weighted by Crippen LogP contribution is 2.26. The molecular formula is C68H111NO10. The van der Waals surface area contributed by atoms with Crippen LogP contribution in [0.5, 0.6) is 0 Å². The molecular weight excluding hydrogens is 991 g/mol. The summed E-state index contributed by atoms with van der Waals surface area (Å²) in [5.41, 5.74) is 0. The van der Waals surface area contributed by atoms with E-state index in [1.165, 1.54) is 70.6 Å². The van der Waals surface area contributed by atoms with E-state index in [2.05, 4.69) is 129 Å². The number of rotatable bonds is 50. The predicted octanol–water partition coefficient (Wildman–Crippen LogP) is 14.8. The lowest BCUT2D eigenvalue weighted by molar-refractivity contribution is -0.305. The van der Waals surface area contributed by atoms with E-state index < -0.39 is 67.4 Å². The molecule has 11 nitrogen and oxygen atoms in total. The molecule has 1 aliphatic heterocycles. The topological polar surface area (TPSA) is 175 Å². The molecule has 1 saturated heterocycles. The van der Waals surface area contributed by atoms with Crippen molar-refractivity contribution in [2.75, 3.05) is 13.2 Å². The first-order valence-corrected chi connectivity index (χ1v) is 31.0. The summed E-state index contributed by atoms with van der Waals surface area (Å²) in [7, 11) is 0. The first kappa shape index (κ1) is 72.8. The zero-order chi connectivity index (χ0) is 57.5. The van der Waals surface area contributed by atoms with Crippen molar-refractivity contribution >= 4 is 11.9 Å². The Morgan fingerprint density at radius 3 is 1.39 bits per heavy atom. The van der Waals surface area contributed by atoms with Gasteiger partial charge in [-0.15, -0.1) is 0 Å². The van der Waals surface area contributed by atoms with Gasteiger partial charge in [0.25, 0.3) is 0 Å². The van der Waals surface area contributed by atoms with Gasteiger partial charge in [0.2, 0.25) is 5.91 Å². The third kappa shape index (κ3) is 42.3. The first-order valence-electron chi connectivity index (χ1n) is 31.0. The third-order valence-electron chi connectivity index (χ3n) is 13.5. The standard InChI is InChI=1S/C68H111NO10/c1-4-7-10-13-16-19-22-25-27-29-31-33-35-38-41-44-47-50-53-56-63(73)79-66-65(75)64(74)62(57-70)78-68(66)77-58-59(60(71)54-51-48-45-42-39-36-24-21-18-15-12-9-6-3)69-67(76)61(72)55-52-49-46-43-40-37-34-32-30-28-26-23-20-17-14-11-8-5-2/h8,11,16-17,19-20,25-28,31-34,38,40-41,43,49,51-52,54,59-62,64-66,68,70-72,74-75H,4-7,9-10,12-15,18,21-24,29-30,35-37,39,42,44-48,50,53,55-58H2,1-3H3,(H,69,76)/b11-8-,19-16-,20-17-,27-25-,28-26-,33-31-,34-32-,41-38-,43-40-,52-49-,54-51+. The number of hydrogen-bond acceptors (Lipinski definition) is 10. The van der Waals surface area contributed by atoms with Crippen LogP contribution < -0.4 is 5.32 Å². The maximum atomic E-state index is 13.4. The second kappa shape index (κ2) is 54.4. The second-order valence-corrected chi connectivity index (χ2v) is 20.7. The van der Waals surface area contributed by atoms with Gasteiger partial charge >= 0.3 is 5.97 Å². The fourth-order valence-corrected chi connectivity index (χ4v) is 8.65. The van der Waals surface area contributed by atoms with E-state index in [0.717, 1.165) is 103 Å². The van der Waals surface area contributed by atoms with E-state index in [1.54, 1.807) is 12.2 Å². The van der Waals surface area contributed by atoms with Crippen molar-refractivity contribution in [1.82, 2.24) is 5.32 Å². The number of esters is 1. The van der Waals surface area contributed by atoms with E-state index in [9.17, 15) is 35.1 Å². The molecule has 0 aromatic carbocycles. The first-order chi connectivity index (χ1) is 38.7. The summed E-state index contributed by atoms with van der Waals surface area (Å²) in [5, 5.41) is 56.9. The number of carbonyl (C=O) groups excluding carboxylic acids is 2. The molecule has 1 rings (SSSR count). The minimum absolute atomic E-state index is 0.0471. The highest BCUT2D eigenvalue weighted by molar-refractivity contribution is 5.81. The third-order valence-corrected chi connectivity index (χ3v) is 13.5. The maximum absolute atomic E-state index is 13.4. The summed E-state index contributed by atoms with van der Waals surface area (Å²) >= 11 is 0. The molecule has 0 saturated carbocycles. The normalized spacial score (nSPS) is 19.8. The van der Waals surface area contributed by atoms with Gasteiger partial charge < -0.3 is 45.1 Å². The van der Waals surface area contributed by atoms with Crippen LogP contribution in [0.4, 0.5) is 0 Å². The molecule has 0 aromatic heterocycles. The quantitative estimate of drug-likeness (QED) is 0.0195. The van der Waals surface area contributed by atoms with Gasteiger partial charge in [-0.05, 0) is 103 Å². The van der Waals surface area contributed by atoms with Crippen molar-refractivity contribution in [1.29, 1.82) is 0 Å². The van der Waals surface area contributed by atoms with Crippen molar-refractivity contribution in [2.24, 2.45) is 0 Å². The van der Waals surface area contributed by atoms with E-state index >= 15 is 0 Å². The monoisotopic (exact) mass is 1100 g/mol. The molecule has 1 aliphatic rings. The van der Waals surface area contributed by atoms with E-state index in [4.69, 9.17) is 14.2 Å². The van der Waals surface area contributed by atoms with Crippen molar-refractivity contribution in [3.05, 3.63) is 134 Å². The Labute approximate surface area is 480 Å². The largest absolute Gasteiger partial charge is 0.454 e. The Bertz CT molecular complexity index is 1790. The number of aliphatic hydroxyl groups excluding tert-OH is 5. The lowest BCUT2D eigenvalue weighted by Crippen LogP contribution is -2.61. The summed E-state index contributed by atoms with van der Waals surface area (Å²) in [6.07, 6.45) is 66.4. The van der Waals surface area contributed by atoms with Crippen LogP contribution in [0.1, 0.15) is 220 Å². The molecule has 8 atom stereocenters. The highest BCUT2D eigenvalue weighted by Gasteiger charge is 2.47. The highest BCUT2D eigenvalue weighted by atomic mass is 16.7. The minimum atomic E-state index is -1.65. The van der Waals surface area contributed by atoms with Gasteiger partial charge in [0.1, 0.15) is 24.4 Å². The van der Waals surface area contributed by atoms with Crippen LogP contribution in [0.2, 0.25) is 0 Å². The summed E-state index contributed by atoms with van der Waals surface area (Å²) in [6.45, 7) is 5.57. The maximum Gasteiger partial charge on any atom is 0.306 e. The second-order valence-electron chi connectivity index (χ2n) is 20.7. The lowest BCUT2D eigenvalue weighted by Gasteiger charge is -2.41. The Morgan fingerprint density at radius 1 is 0.506 bits per heavy atom. The molecule has 0 spiro atoms. The average Bonchev–Trinajstić information content (AvgIpc) is 3.49. The molecule has 1 heterocycles. The molecule has 0 radical (unpaired) electrons. The van der Waals surface area contributed by atoms with Crippen molar-refractivity contribution in [3.8, 4) is 0 Å². The van der Waals surface area contributed by atoms with Crippen molar-refractivity contribution in [2.45, 2.75) is 269 Å². The van der Waals surface area contributed by atoms with Crippen LogP contribution in [-0.2, 0) is 23.8 Å². The summed E-state index contributed by atoms with van der Waals surface area (Å²) in [6, 6.07) is -1.08. The van der Waals surface area contributed by atoms with E-state index in [-0.39, 0.29) is 19.4 Å². The molecule has 1 fully saturated rings. The van der Waals surface area contributed by atoms with Crippen LogP contribution in [0, 0.1) is 0 Å². The molecule has 0 bridgehead atoms. The minimum Gasteiger partial charge on any atom is -0.454 e. The Balaban J connectivity index is 2.79. The van der Waals surface area contributed by atoms with Gasteiger partial charge in [0.05, 0.1) is 25.4 Å². The zero-order valence-electron chi connectivity index (χ0n) is 49.4. The lowest BCUT2D eigenvalue weighted by atomic mass is 9.99. The molecule has 448 valence electrons. The number of hydrogen-bond donors (Lipinski definition) is 6. The molecule has 6 N–H and O–H groups in total. The van der Waals surface area contributed by atoms with Crippen LogP contribution >= 0.6 is 0 Å². The number of allylic oxidation sites excluding steroid dienone is 20. The fourth-order valence-electron chi connectivity index (χ4n) is 8.65. The number of ether oxygens (including phenoxy) is 3. The van der Waals surface area contributed by atoms with Gasteiger partial charge in [-0.25, -0.2) is 0 Å². The summed E-state index contributed by atoms with van der Waals surface area (Å²) < 4.78 is 17.5. The van der Waals surface area contributed by atoms with E-state index in [1.807, 2.05) is 18.2 Å². The van der Waals surface area contributed by atoms with E-state index in [0.29, 0.717) is 12.8 Å². The summed E-state index contributed by atoms with van der Waals surface area (Å²) in [4.78, 5) is 26.5. The Hall–Kier alpha value is -4.20. The van der Waals surface area contributed by atoms with Gasteiger partial charge in [-0.3, -0.25) is 9.59 Å². The molecule has 79 heavy (non-hydrogen) atoms. The van der Waals surface area contributed by atoms with Gasteiger partial charge in [0.15, 0.2) is 12.4 Å². The van der Waals surface area contributed by atoms with Gasteiger partial charge in [0, 0.05) is 12.8 Å². The Kier molecular flexibility index (Phi) is 50.1. The smallest absolute Gasteiger partial charge is 0.306 e. The van der Waals surface area contributed by atoms with Crippen LogP contribution in [0.3, 0.4) is 0 Å². The molecule has 0 aromatic rings. The molecule has 8 unspecified atom stereocenters. The number of nitrogens with one attached hydrogen (secondary N) is 1. The molecule has 0 aliphatic carbocycles. The van der Waals surface area contributed by atoms with Gasteiger partial charge in [-0.1, -0.05) is 238 Å². The molecule has 11 heteroatoms.